The summed E-state index contributed by atoms with van der Waals surface area (Å²) in [6.07, 6.45) is 1.57. The van der Waals surface area contributed by atoms with Gasteiger partial charge >= 0.3 is 0 Å². The number of hydrogen-bond acceptors (Lipinski definition) is 7. The number of hydrogen-bond donors (Lipinski definition) is 2. The number of rotatable bonds is 9. The number of non-ortho nitro benzene ring substituents is 1. The Kier molecular flexibility index (Phi) is 6.75. The Hall–Kier alpha value is -4.29. The molecule has 0 radical (unpaired) electrons. The van der Waals surface area contributed by atoms with Crippen LogP contribution in [0.1, 0.15) is 16.1 Å². The van der Waals surface area contributed by atoms with E-state index >= 15 is 0 Å². The molecule has 0 atom stereocenters. The fraction of sp³-hybridized carbons (Fsp3) is 0.130. The number of nitro groups is 1. The maximum atomic E-state index is 12.9. The largest absolute Gasteiger partial charge is 0.460 e. The van der Waals surface area contributed by atoms with Crippen molar-refractivity contribution in [1.29, 1.82) is 0 Å². The first kappa shape index (κ1) is 23.9. The summed E-state index contributed by atoms with van der Waals surface area (Å²) in [5.74, 6) is 0.621. The van der Waals surface area contributed by atoms with E-state index < -0.39 is 20.9 Å². The first-order valence-corrected chi connectivity index (χ1v) is 12.0. The second kappa shape index (κ2) is 9.91. The van der Waals surface area contributed by atoms with Crippen LogP contribution in [-0.4, -0.2) is 42.1 Å². The van der Waals surface area contributed by atoms with Crippen LogP contribution in [0.4, 0.5) is 5.69 Å². The maximum absolute atomic E-state index is 12.9. The quantitative estimate of drug-likeness (QED) is 0.206. The predicted octanol–water partition coefficient (Wildman–Crippen LogP) is 3.06. The minimum Gasteiger partial charge on any atom is -0.460 e. The van der Waals surface area contributed by atoms with Gasteiger partial charge in [-0.25, -0.2) is 17.8 Å². The molecule has 1 amide bonds. The van der Waals surface area contributed by atoms with Crippen molar-refractivity contribution in [2.24, 2.45) is 0 Å². The van der Waals surface area contributed by atoms with Crippen LogP contribution in [-0.2, 0) is 10.0 Å². The smallest absolute Gasteiger partial charge is 0.270 e. The molecule has 2 aromatic heterocycles. The lowest BCUT2D eigenvalue weighted by Crippen LogP contribution is -2.34. The summed E-state index contributed by atoms with van der Waals surface area (Å²) in [7, 11) is -4.00. The number of benzene rings is 2. The Balaban J connectivity index is 1.46. The molecule has 35 heavy (non-hydrogen) atoms. The summed E-state index contributed by atoms with van der Waals surface area (Å²) in [6.45, 7) is 1.63. The third-order valence-electron chi connectivity index (χ3n) is 4.99. The van der Waals surface area contributed by atoms with Crippen molar-refractivity contribution < 1.29 is 22.6 Å². The van der Waals surface area contributed by atoms with Crippen LogP contribution in [0.25, 0.3) is 17.1 Å². The number of nitrogens with zero attached hydrogens (tertiary/aromatic N) is 3. The Morgan fingerprint density at radius 3 is 2.54 bits per heavy atom. The predicted molar refractivity (Wildman–Crippen MR) is 127 cm³/mol. The Morgan fingerprint density at radius 1 is 1.09 bits per heavy atom. The number of aryl methyl sites for hydroxylation is 1. The van der Waals surface area contributed by atoms with Crippen molar-refractivity contribution in [2.75, 3.05) is 13.1 Å². The zero-order valence-corrected chi connectivity index (χ0v) is 19.4. The molecule has 4 aromatic rings. The summed E-state index contributed by atoms with van der Waals surface area (Å²) in [4.78, 5) is 22.9. The van der Waals surface area contributed by atoms with Gasteiger partial charge in [-0.2, -0.15) is 5.10 Å². The van der Waals surface area contributed by atoms with E-state index in [1.54, 1.807) is 29.9 Å². The van der Waals surface area contributed by atoms with Gasteiger partial charge < -0.3 is 9.73 Å². The van der Waals surface area contributed by atoms with E-state index in [-0.39, 0.29) is 29.2 Å². The first-order valence-electron chi connectivity index (χ1n) is 10.5. The number of nitrogens with one attached hydrogen (secondary N) is 2. The van der Waals surface area contributed by atoms with Gasteiger partial charge in [0.05, 0.1) is 21.1 Å². The number of aromatic nitrogens is 2. The Labute approximate surface area is 200 Å². The molecule has 180 valence electrons. The van der Waals surface area contributed by atoms with Crippen molar-refractivity contribution in [1.82, 2.24) is 19.8 Å². The number of nitro benzene ring substituents is 1. The van der Waals surface area contributed by atoms with Gasteiger partial charge in [-0.1, -0.05) is 24.3 Å². The highest BCUT2D eigenvalue weighted by molar-refractivity contribution is 7.89. The van der Waals surface area contributed by atoms with Crippen LogP contribution in [0.15, 0.2) is 82.2 Å². The molecule has 11 nitrogen and oxygen atoms in total. The van der Waals surface area contributed by atoms with Crippen LogP contribution < -0.4 is 10.0 Å². The van der Waals surface area contributed by atoms with Gasteiger partial charge in [-0.05, 0) is 37.3 Å². The average molecular weight is 496 g/mol. The number of carbonyl (C=O) groups excluding carboxylic acids is 1. The number of amides is 1. The highest BCUT2D eigenvalue weighted by Crippen LogP contribution is 2.25. The van der Waals surface area contributed by atoms with E-state index in [1.807, 2.05) is 30.3 Å². The fourth-order valence-electron chi connectivity index (χ4n) is 3.30. The lowest BCUT2D eigenvalue weighted by molar-refractivity contribution is -0.385. The molecule has 2 aromatic carbocycles. The molecule has 0 saturated heterocycles. The maximum Gasteiger partial charge on any atom is 0.270 e. The van der Waals surface area contributed by atoms with Gasteiger partial charge in [0, 0.05) is 31.4 Å². The van der Waals surface area contributed by atoms with Crippen LogP contribution in [0.5, 0.6) is 0 Å². The Bertz CT molecular complexity index is 1480. The third kappa shape index (κ3) is 5.45. The van der Waals surface area contributed by atoms with E-state index in [0.717, 1.165) is 11.8 Å². The van der Waals surface area contributed by atoms with E-state index in [0.29, 0.717) is 17.2 Å². The van der Waals surface area contributed by atoms with Crippen molar-refractivity contribution in [3.05, 3.63) is 94.4 Å². The SMILES string of the molecule is Cc1ccc(-c2nn(-c3ccccc3)cc2C(=O)NCCNS(=O)(=O)c2cccc([N+](=O)[O-])c2)o1. The van der Waals surface area contributed by atoms with E-state index in [4.69, 9.17) is 4.42 Å². The van der Waals surface area contributed by atoms with Gasteiger partial charge in [0.2, 0.25) is 10.0 Å². The molecule has 0 aliphatic rings. The molecule has 0 saturated carbocycles. The van der Waals surface area contributed by atoms with Gasteiger partial charge in [0.1, 0.15) is 11.5 Å². The molecule has 0 spiro atoms. The molecule has 0 fully saturated rings. The Morgan fingerprint density at radius 2 is 1.86 bits per heavy atom. The first-order chi connectivity index (χ1) is 16.7. The summed E-state index contributed by atoms with van der Waals surface area (Å²) < 4.78 is 34.4. The third-order valence-corrected chi connectivity index (χ3v) is 6.45. The molecule has 4 rings (SSSR count). The molecule has 0 bridgehead atoms. The summed E-state index contributed by atoms with van der Waals surface area (Å²) in [6, 6.07) is 17.4. The van der Waals surface area contributed by atoms with Crippen molar-refractivity contribution >= 4 is 21.6 Å². The van der Waals surface area contributed by atoms with Crippen LogP contribution >= 0.6 is 0 Å². The van der Waals surface area contributed by atoms with Gasteiger partial charge in [0.25, 0.3) is 11.6 Å². The molecule has 0 unspecified atom stereocenters. The second-order valence-corrected chi connectivity index (χ2v) is 9.26. The zero-order chi connectivity index (χ0) is 25.0. The lowest BCUT2D eigenvalue weighted by Gasteiger charge is -2.08. The van der Waals surface area contributed by atoms with Crippen molar-refractivity contribution in [2.45, 2.75) is 11.8 Å². The molecule has 2 N–H and O–H groups in total. The number of furan rings is 1. The number of carbonyl (C=O) groups is 1. The monoisotopic (exact) mass is 495 g/mol. The normalized spacial score (nSPS) is 11.3. The van der Waals surface area contributed by atoms with E-state index in [1.165, 1.54) is 18.2 Å². The number of para-hydroxylation sites is 1. The van der Waals surface area contributed by atoms with Gasteiger partial charge in [-0.3, -0.25) is 14.9 Å². The highest BCUT2D eigenvalue weighted by Gasteiger charge is 2.21. The minimum absolute atomic E-state index is 0.0276. The summed E-state index contributed by atoms with van der Waals surface area (Å²) in [5.41, 5.74) is 1.01. The fourth-order valence-corrected chi connectivity index (χ4v) is 4.37. The molecule has 2 heterocycles. The molecular formula is C23H21N5O6S. The van der Waals surface area contributed by atoms with Crippen molar-refractivity contribution in [3.8, 4) is 17.1 Å². The van der Waals surface area contributed by atoms with Crippen LogP contribution in [0, 0.1) is 17.0 Å². The molecular weight excluding hydrogens is 474 g/mol. The lowest BCUT2D eigenvalue weighted by atomic mass is 10.2. The zero-order valence-electron chi connectivity index (χ0n) is 18.5. The topological polar surface area (TPSA) is 149 Å². The molecule has 0 aliphatic heterocycles. The summed E-state index contributed by atoms with van der Waals surface area (Å²) in [5, 5.41) is 18.1. The van der Waals surface area contributed by atoms with Gasteiger partial charge in [0.15, 0.2) is 5.76 Å². The van der Waals surface area contributed by atoms with Crippen LogP contribution in [0.3, 0.4) is 0 Å². The van der Waals surface area contributed by atoms with E-state index in [9.17, 15) is 23.3 Å². The highest BCUT2D eigenvalue weighted by atomic mass is 32.2. The molecule has 0 aliphatic carbocycles. The summed E-state index contributed by atoms with van der Waals surface area (Å²) >= 11 is 0. The minimum atomic E-state index is -4.00. The second-order valence-electron chi connectivity index (χ2n) is 7.49. The number of sulfonamides is 1. The molecule has 12 heteroatoms. The van der Waals surface area contributed by atoms with Crippen molar-refractivity contribution in [3.63, 3.8) is 0 Å². The van der Waals surface area contributed by atoms with Gasteiger partial charge in [-0.15, -0.1) is 0 Å². The standard InChI is InChI=1S/C23H21N5O6S/c1-16-10-11-21(34-16)22-20(15-27(26-22)17-6-3-2-4-7-17)23(29)24-12-13-25-35(32,33)19-9-5-8-18(14-19)28(30)31/h2-11,14-15,25H,12-13H2,1H3,(H,24,29). The van der Waals surface area contributed by atoms with Crippen LogP contribution in [0.2, 0.25) is 0 Å². The average Bonchev–Trinajstić information content (AvgIpc) is 3.49. The van der Waals surface area contributed by atoms with E-state index in [2.05, 4.69) is 15.1 Å².